The van der Waals surface area contributed by atoms with Crippen molar-refractivity contribution in [2.24, 2.45) is 0 Å². The molecule has 0 bridgehead atoms. The van der Waals surface area contributed by atoms with Gasteiger partial charge in [0.1, 0.15) is 6.04 Å². The summed E-state index contributed by atoms with van der Waals surface area (Å²) in [6.45, 7) is 0.289. The molecule has 2 amide bonds. The van der Waals surface area contributed by atoms with E-state index in [-0.39, 0.29) is 13.0 Å². The molecule has 6 nitrogen and oxygen atoms in total. The highest BCUT2D eigenvalue weighted by molar-refractivity contribution is 7.98. The van der Waals surface area contributed by atoms with Gasteiger partial charge in [-0.1, -0.05) is 0 Å². The predicted octanol–water partition coefficient (Wildman–Crippen LogP) is 0.748. The molecule has 0 aliphatic rings. The summed E-state index contributed by atoms with van der Waals surface area (Å²) < 4.78 is 0. The van der Waals surface area contributed by atoms with E-state index in [1.54, 1.807) is 0 Å². The van der Waals surface area contributed by atoms with Gasteiger partial charge in [-0.15, -0.1) is 0 Å². The van der Waals surface area contributed by atoms with Gasteiger partial charge in [-0.2, -0.15) is 17.0 Å². The summed E-state index contributed by atoms with van der Waals surface area (Å²) in [6, 6.07) is 0.583. The molecule has 0 aromatic heterocycles. The standard InChI is InChI=1S/C10H17N3O3S/c1-13(6-3-5-11)10(16)12-8(9(14)15)4-7-17-2/h8H,3-4,6-7H2,1-2H3,(H,12,16)(H,14,15)/t8-/m1/s1. The third kappa shape index (κ3) is 6.68. The van der Waals surface area contributed by atoms with E-state index < -0.39 is 18.0 Å². The van der Waals surface area contributed by atoms with Crippen LogP contribution >= 0.6 is 11.8 Å². The number of hydrogen-bond acceptors (Lipinski definition) is 4. The number of nitriles is 1. The van der Waals surface area contributed by atoms with E-state index in [2.05, 4.69) is 5.32 Å². The topological polar surface area (TPSA) is 93.4 Å². The molecule has 7 heteroatoms. The number of carbonyl (C=O) groups is 2. The van der Waals surface area contributed by atoms with Gasteiger partial charge in [-0.25, -0.2) is 9.59 Å². The first-order chi connectivity index (χ1) is 8.02. The fraction of sp³-hybridized carbons (Fsp3) is 0.700. The molecule has 0 aromatic carbocycles. The lowest BCUT2D eigenvalue weighted by Crippen LogP contribution is -2.47. The van der Waals surface area contributed by atoms with Gasteiger partial charge in [0.2, 0.25) is 0 Å². The number of carboxylic acids is 1. The number of nitrogens with zero attached hydrogens (tertiary/aromatic N) is 2. The Labute approximate surface area is 105 Å². The molecular formula is C10H17N3O3S. The first-order valence-electron chi connectivity index (χ1n) is 5.13. The van der Waals surface area contributed by atoms with Crippen LogP contribution in [0.25, 0.3) is 0 Å². The summed E-state index contributed by atoms with van der Waals surface area (Å²) >= 11 is 1.53. The number of thioether (sulfide) groups is 1. The zero-order valence-electron chi connectivity index (χ0n) is 9.97. The molecule has 0 aliphatic carbocycles. The van der Waals surface area contributed by atoms with Crippen LogP contribution in [-0.4, -0.2) is 53.6 Å². The Hall–Kier alpha value is -1.42. The summed E-state index contributed by atoms with van der Waals surface area (Å²) in [7, 11) is 1.53. The molecule has 2 N–H and O–H groups in total. The molecule has 1 atom stereocenters. The van der Waals surface area contributed by atoms with Crippen molar-refractivity contribution in [2.45, 2.75) is 18.9 Å². The molecule has 0 aliphatic heterocycles. The Balaban J connectivity index is 4.20. The number of amides is 2. The van der Waals surface area contributed by atoms with Gasteiger partial charge >= 0.3 is 12.0 Å². The van der Waals surface area contributed by atoms with Crippen molar-refractivity contribution in [2.75, 3.05) is 25.6 Å². The maximum Gasteiger partial charge on any atom is 0.326 e. The number of urea groups is 1. The lowest BCUT2D eigenvalue weighted by molar-refractivity contribution is -0.139. The summed E-state index contributed by atoms with van der Waals surface area (Å²) in [5, 5.41) is 19.7. The smallest absolute Gasteiger partial charge is 0.326 e. The molecule has 0 rings (SSSR count). The Morgan fingerprint density at radius 2 is 2.24 bits per heavy atom. The quantitative estimate of drug-likeness (QED) is 0.703. The van der Waals surface area contributed by atoms with Gasteiger partial charge in [0.15, 0.2) is 0 Å². The van der Waals surface area contributed by atoms with Crippen LogP contribution in [-0.2, 0) is 4.79 Å². The van der Waals surface area contributed by atoms with E-state index in [4.69, 9.17) is 10.4 Å². The van der Waals surface area contributed by atoms with Crippen molar-refractivity contribution in [3.8, 4) is 6.07 Å². The molecule has 0 fully saturated rings. The van der Waals surface area contributed by atoms with Crippen molar-refractivity contribution in [1.29, 1.82) is 5.26 Å². The van der Waals surface area contributed by atoms with Crippen molar-refractivity contribution < 1.29 is 14.7 Å². The Bertz CT molecular complexity index is 304. The van der Waals surface area contributed by atoms with E-state index in [1.807, 2.05) is 12.3 Å². The largest absolute Gasteiger partial charge is 0.480 e. The zero-order chi connectivity index (χ0) is 13.3. The van der Waals surface area contributed by atoms with Crippen LogP contribution in [0, 0.1) is 11.3 Å². The number of hydrogen-bond donors (Lipinski definition) is 2. The Kier molecular flexibility index (Phi) is 7.97. The van der Waals surface area contributed by atoms with Crippen LogP contribution in [0.2, 0.25) is 0 Å². The zero-order valence-corrected chi connectivity index (χ0v) is 10.8. The van der Waals surface area contributed by atoms with E-state index >= 15 is 0 Å². The summed E-state index contributed by atoms with van der Waals surface area (Å²) in [5.74, 6) is -0.375. The Morgan fingerprint density at radius 1 is 1.59 bits per heavy atom. The van der Waals surface area contributed by atoms with Gasteiger partial charge < -0.3 is 15.3 Å². The van der Waals surface area contributed by atoms with Crippen molar-refractivity contribution >= 4 is 23.8 Å². The first kappa shape index (κ1) is 15.6. The third-order valence-corrected chi connectivity index (χ3v) is 2.76. The summed E-state index contributed by atoms with van der Waals surface area (Å²) in [5.41, 5.74) is 0. The molecule has 0 radical (unpaired) electrons. The molecule has 17 heavy (non-hydrogen) atoms. The first-order valence-corrected chi connectivity index (χ1v) is 6.52. The van der Waals surface area contributed by atoms with Crippen LogP contribution < -0.4 is 5.32 Å². The Morgan fingerprint density at radius 3 is 2.71 bits per heavy atom. The van der Waals surface area contributed by atoms with Crippen molar-refractivity contribution in [3.05, 3.63) is 0 Å². The lowest BCUT2D eigenvalue weighted by atomic mass is 10.2. The number of aliphatic carboxylic acids is 1. The lowest BCUT2D eigenvalue weighted by Gasteiger charge is -2.20. The fourth-order valence-electron chi connectivity index (χ4n) is 1.07. The molecule has 0 unspecified atom stereocenters. The minimum Gasteiger partial charge on any atom is -0.480 e. The third-order valence-electron chi connectivity index (χ3n) is 2.11. The van der Waals surface area contributed by atoms with Crippen molar-refractivity contribution in [1.82, 2.24) is 10.2 Å². The number of nitrogens with one attached hydrogen (secondary N) is 1. The maximum atomic E-state index is 11.6. The predicted molar refractivity (Wildman–Crippen MR) is 65.8 cm³/mol. The average molecular weight is 259 g/mol. The number of carboxylic acid groups (broad SMARTS) is 1. The van der Waals surface area contributed by atoms with Gasteiger partial charge in [-0.3, -0.25) is 0 Å². The molecule has 0 aromatic rings. The normalized spacial score (nSPS) is 11.4. The molecule has 0 heterocycles. The van der Waals surface area contributed by atoms with Gasteiger partial charge in [-0.05, 0) is 18.4 Å². The monoisotopic (exact) mass is 259 g/mol. The summed E-state index contributed by atoms with van der Waals surface area (Å²) in [6.07, 6.45) is 2.49. The maximum absolute atomic E-state index is 11.6. The molecule has 96 valence electrons. The second-order valence-corrected chi connectivity index (χ2v) is 4.44. The number of rotatable bonds is 7. The molecule has 0 saturated carbocycles. The highest BCUT2D eigenvalue weighted by Gasteiger charge is 2.20. The minimum atomic E-state index is -1.04. The second kappa shape index (κ2) is 8.70. The van der Waals surface area contributed by atoms with E-state index in [0.717, 1.165) is 0 Å². The van der Waals surface area contributed by atoms with Crippen LogP contribution in [0.1, 0.15) is 12.8 Å². The minimum absolute atomic E-state index is 0.229. The van der Waals surface area contributed by atoms with E-state index in [1.165, 1.54) is 23.7 Å². The highest BCUT2D eigenvalue weighted by atomic mass is 32.2. The van der Waals surface area contributed by atoms with Gasteiger partial charge in [0.25, 0.3) is 0 Å². The van der Waals surface area contributed by atoms with Crippen LogP contribution in [0.4, 0.5) is 4.79 Å². The van der Waals surface area contributed by atoms with E-state index in [9.17, 15) is 9.59 Å². The average Bonchev–Trinajstić information content (AvgIpc) is 2.30. The van der Waals surface area contributed by atoms with Gasteiger partial charge in [0.05, 0.1) is 12.5 Å². The van der Waals surface area contributed by atoms with Crippen LogP contribution in [0.5, 0.6) is 0 Å². The fourth-order valence-corrected chi connectivity index (χ4v) is 1.54. The number of carbonyl (C=O) groups excluding carboxylic acids is 1. The summed E-state index contributed by atoms with van der Waals surface area (Å²) in [4.78, 5) is 23.7. The second-order valence-electron chi connectivity index (χ2n) is 3.45. The highest BCUT2D eigenvalue weighted by Crippen LogP contribution is 2.02. The van der Waals surface area contributed by atoms with Crippen molar-refractivity contribution in [3.63, 3.8) is 0 Å². The SMILES string of the molecule is CSCC[C@@H](NC(=O)N(C)CCC#N)C(=O)O. The molecule has 0 spiro atoms. The van der Waals surface area contributed by atoms with Crippen LogP contribution in [0.15, 0.2) is 0 Å². The molecular weight excluding hydrogens is 242 g/mol. The van der Waals surface area contributed by atoms with E-state index in [0.29, 0.717) is 12.2 Å². The van der Waals surface area contributed by atoms with Gasteiger partial charge in [0, 0.05) is 13.6 Å². The van der Waals surface area contributed by atoms with Crippen LogP contribution in [0.3, 0.4) is 0 Å². The molecule has 0 saturated heterocycles.